The van der Waals surface area contributed by atoms with Crippen molar-refractivity contribution >= 4 is 5.71 Å². The molecule has 0 bridgehead atoms. The number of nitrogens with one attached hydrogen (secondary N) is 2. The lowest BCUT2D eigenvalue weighted by Gasteiger charge is -2.07. The average molecular weight is 163 g/mol. The highest BCUT2D eigenvalue weighted by Crippen LogP contribution is 2.01. The lowest BCUT2D eigenvalue weighted by molar-refractivity contribution is 0.580. The number of hydrogen-bond donors (Lipinski definition) is 2. The Hall–Kier alpha value is -0.930. The Kier molecular flexibility index (Phi) is 2.34. The zero-order valence-corrected chi connectivity index (χ0v) is 6.96. The van der Waals surface area contributed by atoms with Crippen LogP contribution in [0.5, 0.6) is 0 Å². The molecule has 64 valence electrons. The van der Waals surface area contributed by atoms with E-state index >= 15 is 0 Å². The van der Waals surface area contributed by atoms with Crippen LogP contribution in [0, 0.1) is 0 Å². The summed E-state index contributed by atoms with van der Waals surface area (Å²) in [6.07, 6.45) is 9.34. The molecule has 3 nitrogen and oxygen atoms in total. The number of rotatable bonds is 1. The molecule has 12 heavy (non-hydrogen) atoms. The van der Waals surface area contributed by atoms with Crippen molar-refractivity contribution in [1.29, 1.82) is 0 Å². The predicted octanol–water partition coefficient (Wildman–Crippen LogP) is 0.420. The fourth-order valence-corrected chi connectivity index (χ4v) is 1.34. The van der Waals surface area contributed by atoms with E-state index in [2.05, 4.69) is 33.9 Å². The van der Waals surface area contributed by atoms with Crippen molar-refractivity contribution in [2.75, 3.05) is 13.1 Å². The second-order valence-electron chi connectivity index (χ2n) is 2.92. The highest BCUT2D eigenvalue weighted by atomic mass is 15.3. The molecular weight excluding hydrogens is 150 g/mol. The van der Waals surface area contributed by atoms with Crippen molar-refractivity contribution in [3.8, 4) is 0 Å². The summed E-state index contributed by atoms with van der Waals surface area (Å²) in [4.78, 5) is 4.49. The molecule has 0 aromatic heterocycles. The van der Waals surface area contributed by atoms with E-state index in [0.29, 0.717) is 0 Å². The van der Waals surface area contributed by atoms with Crippen LogP contribution >= 0.6 is 0 Å². The molecule has 2 aliphatic rings. The molecule has 2 rings (SSSR count). The van der Waals surface area contributed by atoms with Crippen molar-refractivity contribution in [2.24, 2.45) is 4.99 Å². The van der Waals surface area contributed by atoms with Gasteiger partial charge in [0, 0.05) is 25.2 Å². The van der Waals surface area contributed by atoms with Gasteiger partial charge in [0.05, 0.1) is 0 Å². The minimum absolute atomic E-state index is 0.135. The molecule has 0 aromatic rings. The van der Waals surface area contributed by atoms with Gasteiger partial charge in [-0.15, -0.1) is 0 Å². The minimum Gasteiger partial charge on any atom is -0.282 e. The van der Waals surface area contributed by atoms with E-state index in [9.17, 15) is 0 Å². The van der Waals surface area contributed by atoms with E-state index in [4.69, 9.17) is 0 Å². The molecule has 1 saturated heterocycles. The summed E-state index contributed by atoms with van der Waals surface area (Å²) in [5.41, 5.74) is 1.14. The second kappa shape index (κ2) is 3.65. The maximum Gasteiger partial charge on any atom is 0.153 e. The third-order valence-electron chi connectivity index (χ3n) is 1.96. The van der Waals surface area contributed by atoms with Gasteiger partial charge in [-0.2, -0.15) is 0 Å². The van der Waals surface area contributed by atoms with E-state index in [0.717, 1.165) is 25.2 Å². The van der Waals surface area contributed by atoms with Crippen molar-refractivity contribution in [3.63, 3.8) is 0 Å². The zero-order chi connectivity index (χ0) is 8.23. The first-order chi connectivity index (χ1) is 5.95. The molecule has 0 unspecified atom stereocenters. The standard InChI is InChI=1S/C9H13N3/c1-2-4-8(5-3-1)12-9-10-6-7-11-9/h1-4,9-11H,5-7H2. The Morgan fingerprint density at radius 1 is 1.25 bits per heavy atom. The number of nitrogens with zero attached hydrogens (tertiary/aromatic N) is 1. The summed E-state index contributed by atoms with van der Waals surface area (Å²) < 4.78 is 0. The fraction of sp³-hybridized carbons (Fsp3) is 0.444. The fourth-order valence-electron chi connectivity index (χ4n) is 1.34. The van der Waals surface area contributed by atoms with Crippen molar-refractivity contribution in [3.05, 3.63) is 24.3 Å². The smallest absolute Gasteiger partial charge is 0.153 e. The van der Waals surface area contributed by atoms with Gasteiger partial charge in [0.1, 0.15) is 0 Å². The second-order valence-corrected chi connectivity index (χ2v) is 2.92. The quantitative estimate of drug-likeness (QED) is 0.587. The molecule has 0 saturated carbocycles. The first-order valence-corrected chi connectivity index (χ1v) is 4.32. The maximum absolute atomic E-state index is 4.49. The predicted molar refractivity (Wildman–Crippen MR) is 50.1 cm³/mol. The molecule has 1 heterocycles. The molecule has 1 aliphatic heterocycles. The molecule has 0 atom stereocenters. The van der Waals surface area contributed by atoms with Crippen LogP contribution in [-0.4, -0.2) is 25.1 Å². The van der Waals surface area contributed by atoms with Gasteiger partial charge in [0.25, 0.3) is 0 Å². The lowest BCUT2D eigenvalue weighted by Crippen LogP contribution is -2.29. The van der Waals surface area contributed by atoms with Crippen molar-refractivity contribution in [1.82, 2.24) is 10.6 Å². The lowest BCUT2D eigenvalue weighted by atomic mass is 10.1. The van der Waals surface area contributed by atoms with Gasteiger partial charge >= 0.3 is 0 Å². The van der Waals surface area contributed by atoms with Gasteiger partial charge in [-0.3, -0.25) is 15.6 Å². The van der Waals surface area contributed by atoms with Crippen LogP contribution in [0.15, 0.2) is 29.3 Å². The molecule has 1 fully saturated rings. The summed E-state index contributed by atoms with van der Waals surface area (Å²) in [5.74, 6) is 0. The molecule has 0 aromatic carbocycles. The van der Waals surface area contributed by atoms with Gasteiger partial charge in [0.2, 0.25) is 0 Å². The maximum atomic E-state index is 4.49. The first-order valence-electron chi connectivity index (χ1n) is 4.32. The van der Waals surface area contributed by atoms with E-state index in [-0.39, 0.29) is 6.29 Å². The summed E-state index contributed by atoms with van der Waals surface area (Å²) in [6.45, 7) is 2.03. The molecule has 3 heteroatoms. The van der Waals surface area contributed by atoms with Crippen LogP contribution < -0.4 is 10.6 Å². The van der Waals surface area contributed by atoms with Crippen LogP contribution in [0.25, 0.3) is 0 Å². The first kappa shape index (κ1) is 7.71. The van der Waals surface area contributed by atoms with Crippen LogP contribution in [0.4, 0.5) is 0 Å². The summed E-state index contributed by atoms with van der Waals surface area (Å²) in [6, 6.07) is 0. The normalized spacial score (nSPS) is 27.2. The van der Waals surface area contributed by atoms with Crippen LogP contribution in [0.3, 0.4) is 0 Å². The Balaban J connectivity index is 1.97. The Bertz CT molecular complexity index is 234. The molecular formula is C9H13N3. The average Bonchev–Trinajstić information content (AvgIpc) is 2.59. The van der Waals surface area contributed by atoms with Gasteiger partial charge in [-0.25, -0.2) is 0 Å². The summed E-state index contributed by atoms with van der Waals surface area (Å²) in [7, 11) is 0. The summed E-state index contributed by atoms with van der Waals surface area (Å²) in [5, 5.41) is 6.49. The van der Waals surface area contributed by atoms with Gasteiger partial charge in [-0.1, -0.05) is 18.2 Å². The topological polar surface area (TPSA) is 36.4 Å². The molecule has 0 amide bonds. The molecule has 2 N–H and O–H groups in total. The molecule has 0 radical (unpaired) electrons. The number of hydrogen-bond acceptors (Lipinski definition) is 3. The van der Waals surface area contributed by atoms with Crippen LogP contribution in [-0.2, 0) is 0 Å². The molecule has 0 spiro atoms. The third-order valence-corrected chi connectivity index (χ3v) is 1.96. The zero-order valence-electron chi connectivity index (χ0n) is 6.96. The van der Waals surface area contributed by atoms with E-state index < -0.39 is 0 Å². The van der Waals surface area contributed by atoms with Gasteiger partial charge < -0.3 is 0 Å². The Morgan fingerprint density at radius 3 is 2.75 bits per heavy atom. The highest BCUT2D eigenvalue weighted by Gasteiger charge is 2.10. The van der Waals surface area contributed by atoms with E-state index in [1.807, 2.05) is 6.08 Å². The number of allylic oxidation sites excluding steroid dienone is 4. The SMILES string of the molecule is C1=CCC(=NC2NCCN2)C=C1. The highest BCUT2D eigenvalue weighted by molar-refractivity contribution is 5.97. The molecule has 1 aliphatic carbocycles. The largest absolute Gasteiger partial charge is 0.282 e. The minimum atomic E-state index is 0.135. The van der Waals surface area contributed by atoms with Gasteiger partial charge in [0.15, 0.2) is 6.29 Å². The van der Waals surface area contributed by atoms with Crippen LogP contribution in [0.2, 0.25) is 0 Å². The number of aliphatic imine (C=N–C) groups is 1. The summed E-state index contributed by atoms with van der Waals surface area (Å²) >= 11 is 0. The van der Waals surface area contributed by atoms with Crippen LogP contribution in [0.1, 0.15) is 6.42 Å². The van der Waals surface area contributed by atoms with Gasteiger partial charge in [-0.05, 0) is 6.08 Å². The third kappa shape index (κ3) is 1.81. The van der Waals surface area contributed by atoms with E-state index in [1.165, 1.54) is 0 Å². The Labute approximate surface area is 72.3 Å². The monoisotopic (exact) mass is 163 g/mol. The van der Waals surface area contributed by atoms with E-state index in [1.54, 1.807) is 0 Å². The van der Waals surface area contributed by atoms with Crippen molar-refractivity contribution in [2.45, 2.75) is 12.7 Å². The van der Waals surface area contributed by atoms with Crippen molar-refractivity contribution < 1.29 is 0 Å². The Morgan fingerprint density at radius 2 is 2.08 bits per heavy atom.